The Labute approximate surface area is 385 Å². The molecule has 0 aromatic carbocycles. The third kappa shape index (κ3) is 18.0. The molecule has 8 unspecified atom stereocenters. The predicted molar refractivity (Wildman–Crippen MR) is 225 cm³/mol. The van der Waals surface area contributed by atoms with E-state index in [0.717, 1.165) is 64.2 Å². The molecule has 23 nitrogen and oxygen atoms in total. The van der Waals surface area contributed by atoms with Crippen LogP contribution in [0.15, 0.2) is 12.2 Å². The molecular formula is C43H78O23. The predicted octanol–water partition coefficient (Wildman–Crippen LogP) is -3.55. The molecule has 0 amide bonds. The maximum absolute atomic E-state index is 12.7. The molecule has 0 radical (unpaired) electrons. The Bertz CT molecular complexity index is 1330. The van der Waals surface area contributed by atoms with Crippen molar-refractivity contribution in [2.24, 2.45) is 0 Å². The zero-order valence-corrected chi connectivity index (χ0v) is 37.9. The highest BCUT2D eigenvalue weighted by Gasteiger charge is 2.52. The van der Waals surface area contributed by atoms with Gasteiger partial charge in [-0.3, -0.25) is 4.79 Å². The number of rotatable bonds is 31. The van der Waals surface area contributed by atoms with Gasteiger partial charge in [0.15, 0.2) is 25.0 Å². The lowest BCUT2D eigenvalue weighted by Gasteiger charge is -2.45. The quantitative estimate of drug-likeness (QED) is 0.0138. The SMILES string of the molecule is CC(CCCCCC/C=C\CCCCCCCC(=O)O[C@@H]1OC(CO)[C@@H](O)C(O)[C@@H]1O[C@@H]1OC(CO)[C@@H](O)C(O)[C@@H]1O)O[C@@H]1OC(CO)[C@@H](O)C(O)[C@@H]1O[C@H](OC(CO)CO)[C@@H](O)C(C)O. The van der Waals surface area contributed by atoms with Gasteiger partial charge < -0.3 is 109 Å². The molecule has 0 spiro atoms. The van der Waals surface area contributed by atoms with Gasteiger partial charge in [-0.2, -0.15) is 0 Å². The topological polar surface area (TPSA) is 374 Å². The number of aliphatic hydroxyl groups excluding tert-OH is 14. The lowest BCUT2D eigenvalue weighted by Crippen LogP contribution is -2.64. The highest BCUT2D eigenvalue weighted by molar-refractivity contribution is 5.69. The highest BCUT2D eigenvalue weighted by Crippen LogP contribution is 2.31. The molecule has 66 heavy (non-hydrogen) atoms. The third-order valence-corrected chi connectivity index (χ3v) is 11.9. The highest BCUT2D eigenvalue weighted by atomic mass is 16.8. The number of hydrogen-bond donors (Lipinski definition) is 14. The van der Waals surface area contributed by atoms with Crippen LogP contribution in [0.2, 0.25) is 0 Å². The first-order valence-electron chi connectivity index (χ1n) is 23.1. The Hall–Kier alpha value is -1.63. The van der Waals surface area contributed by atoms with Gasteiger partial charge in [-0.25, -0.2) is 0 Å². The molecule has 388 valence electrons. The van der Waals surface area contributed by atoms with Gasteiger partial charge in [-0.1, -0.05) is 50.7 Å². The van der Waals surface area contributed by atoms with Crippen molar-refractivity contribution >= 4 is 5.97 Å². The average Bonchev–Trinajstić information content (AvgIpc) is 3.30. The normalized spacial score (nSPS) is 35.0. The summed E-state index contributed by atoms with van der Waals surface area (Å²) in [4.78, 5) is 12.7. The minimum Gasteiger partial charge on any atom is -0.433 e. The number of esters is 1. The summed E-state index contributed by atoms with van der Waals surface area (Å²) in [6, 6.07) is 0. The van der Waals surface area contributed by atoms with E-state index in [1.807, 2.05) is 0 Å². The lowest BCUT2D eigenvalue weighted by atomic mass is 9.97. The summed E-state index contributed by atoms with van der Waals surface area (Å²) in [5, 5.41) is 141. The number of ether oxygens (including phenoxy) is 8. The fourth-order valence-electron chi connectivity index (χ4n) is 7.68. The van der Waals surface area contributed by atoms with Crippen molar-refractivity contribution in [1.82, 2.24) is 0 Å². The maximum atomic E-state index is 12.7. The molecular weight excluding hydrogens is 884 g/mol. The molecule has 3 rings (SSSR count). The molecule has 3 aliphatic rings. The number of unbranched alkanes of at least 4 members (excludes halogenated alkanes) is 9. The molecule has 0 bridgehead atoms. The Morgan fingerprint density at radius 3 is 1.59 bits per heavy atom. The summed E-state index contributed by atoms with van der Waals surface area (Å²) in [6.07, 6.45) is -15.5. The van der Waals surface area contributed by atoms with Crippen molar-refractivity contribution in [2.45, 2.75) is 220 Å². The van der Waals surface area contributed by atoms with E-state index in [1.165, 1.54) is 6.92 Å². The molecule has 0 saturated carbocycles. The molecule has 14 N–H and O–H groups in total. The number of carbonyl (C=O) groups excluding carboxylic acids is 1. The molecule has 0 aromatic heterocycles. The summed E-state index contributed by atoms with van der Waals surface area (Å²) in [5.74, 6) is -0.702. The molecule has 3 heterocycles. The first-order chi connectivity index (χ1) is 31.5. The van der Waals surface area contributed by atoms with Crippen LogP contribution in [-0.4, -0.2) is 233 Å². The standard InChI is InChI=1S/C43H78O23/c1-23(59-42-38(35(56)32(53)27(21-47)62-42)65-40(30(51)24(2)49)60-25(18-44)19-45)16-14-12-10-8-6-4-3-5-7-9-11-13-15-17-29(50)64-43-39(36(57)33(54)28(22-48)63-43)66-41-37(58)34(55)31(52)26(20-46)61-41/h3-4,23-28,30-49,51-58H,5-22H2,1-2H3/b4-3-/t23?,24?,26?,27?,28?,30-,31+,32+,33+,34?,35?,36?,37-,38-,39-,40-,41-,42+,43-/m0/s1. The van der Waals surface area contributed by atoms with E-state index < -0.39 is 162 Å². The van der Waals surface area contributed by atoms with Gasteiger partial charge in [-0.05, 0) is 52.4 Å². The van der Waals surface area contributed by atoms with Crippen LogP contribution in [0.25, 0.3) is 0 Å². The Morgan fingerprint density at radius 1 is 0.561 bits per heavy atom. The van der Waals surface area contributed by atoms with Crippen molar-refractivity contribution in [3.05, 3.63) is 12.2 Å². The van der Waals surface area contributed by atoms with Crippen LogP contribution in [0, 0.1) is 0 Å². The van der Waals surface area contributed by atoms with Gasteiger partial charge in [-0.15, -0.1) is 0 Å². The number of carbonyl (C=O) groups is 1. The van der Waals surface area contributed by atoms with Crippen LogP contribution >= 0.6 is 0 Å². The Balaban J connectivity index is 1.30. The summed E-state index contributed by atoms with van der Waals surface area (Å²) in [6.45, 7) is -0.298. The number of hydrogen-bond acceptors (Lipinski definition) is 23. The first kappa shape index (κ1) is 58.7. The van der Waals surface area contributed by atoms with Crippen molar-refractivity contribution in [2.75, 3.05) is 33.0 Å². The zero-order valence-electron chi connectivity index (χ0n) is 37.9. The van der Waals surface area contributed by atoms with Gasteiger partial charge in [0, 0.05) is 6.42 Å². The van der Waals surface area contributed by atoms with Crippen molar-refractivity contribution in [3.63, 3.8) is 0 Å². The number of aliphatic hydroxyl groups is 14. The van der Waals surface area contributed by atoms with Crippen LogP contribution in [0.4, 0.5) is 0 Å². The van der Waals surface area contributed by atoms with E-state index in [9.17, 15) is 76.3 Å². The van der Waals surface area contributed by atoms with Crippen LogP contribution in [0.1, 0.15) is 97.3 Å². The van der Waals surface area contributed by atoms with E-state index in [4.69, 9.17) is 37.9 Å². The van der Waals surface area contributed by atoms with Gasteiger partial charge in [0.25, 0.3) is 0 Å². The van der Waals surface area contributed by atoms with E-state index in [0.29, 0.717) is 12.8 Å². The van der Waals surface area contributed by atoms with Crippen molar-refractivity contribution in [1.29, 1.82) is 0 Å². The van der Waals surface area contributed by atoms with Crippen molar-refractivity contribution in [3.8, 4) is 0 Å². The first-order valence-corrected chi connectivity index (χ1v) is 23.1. The van der Waals surface area contributed by atoms with Crippen LogP contribution in [0.3, 0.4) is 0 Å². The molecule has 3 saturated heterocycles. The second-order valence-electron chi connectivity index (χ2n) is 17.2. The average molecular weight is 963 g/mol. The minimum atomic E-state index is -1.83. The van der Waals surface area contributed by atoms with Gasteiger partial charge >= 0.3 is 5.97 Å². The summed E-state index contributed by atoms with van der Waals surface area (Å²) in [7, 11) is 0. The van der Waals surface area contributed by atoms with Crippen LogP contribution in [0.5, 0.6) is 0 Å². The van der Waals surface area contributed by atoms with Gasteiger partial charge in [0.1, 0.15) is 79.4 Å². The third-order valence-electron chi connectivity index (χ3n) is 11.9. The van der Waals surface area contributed by atoms with Crippen molar-refractivity contribution < 1.29 is 114 Å². The van der Waals surface area contributed by atoms with Crippen LogP contribution < -0.4 is 0 Å². The van der Waals surface area contributed by atoms with Gasteiger partial charge in [0.05, 0.1) is 45.2 Å². The van der Waals surface area contributed by atoms with Crippen LogP contribution in [-0.2, 0) is 42.7 Å². The second-order valence-corrected chi connectivity index (χ2v) is 17.2. The van der Waals surface area contributed by atoms with E-state index in [1.54, 1.807) is 6.92 Å². The second kappa shape index (κ2) is 30.9. The fraction of sp³-hybridized carbons (Fsp3) is 0.930. The molecule has 0 aromatic rings. The van der Waals surface area contributed by atoms with E-state index >= 15 is 0 Å². The fourth-order valence-corrected chi connectivity index (χ4v) is 7.68. The summed E-state index contributed by atoms with van der Waals surface area (Å²) >= 11 is 0. The van der Waals surface area contributed by atoms with E-state index in [2.05, 4.69) is 12.2 Å². The Morgan fingerprint density at radius 2 is 1.05 bits per heavy atom. The maximum Gasteiger partial charge on any atom is 0.308 e. The molecule has 3 fully saturated rings. The molecule has 3 aliphatic heterocycles. The van der Waals surface area contributed by atoms with E-state index in [-0.39, 0.29) is 6.42 Å². The lowest BCUT2D eigenvalue weighted by molar-refractivity contribution is -0.362. The zero-order chi connectivity index (χ0) is 48.9. The smallest absolute Gasteiger partial charge is 0.308 e. The summed E-state index contributed by atoms with van der Waals surface area (Å²) < 4.78 is 44.8. The largest absolute Gasteiger partial charge is 0.433 e. The minimum absolute atomic E-state index is 0.00118. The number of allylic oxidation sites excluding steroid dienone is 2. The van der Waals surface area contributed by atoms with Gasteiger partial charge in [0.2, 0.25) is 6.29 Å². The summed E-state index contributed by atoms with van der Waals surface area (Å²) in [5.41, 5.74) is 0. The molecule has 0 aliphatic carbocycles. The monoisotopic (exact) mass is 962 g/mol. The molecule has 23 heteroatoms. The molecule has 19 atom stereocenters. The Kier molecular flexibility index (Phi) is 27.4.